The minimum Gasteiger partial charge on any atom is -0.179 e. The first-order chi connectivity index (χ1) is 6.31. The molecule has 0 radical (unpaired) electrons. The van der Waals surface area contributed by atoms with E-state index in [0.717, 1.165) is 17.1 Å². The van der Waals surface area contributed by atoms with Crippen molar-refractivity contribution in [2.45, 2.75) is 5.92 Å². The molecule has 0 heterocycles. The zero-order valence-corrected chi connectivity index (χ0v) is 9.27. The van der Waals surface area contributed by atoms with Crippen molar-refractivity contribution in [3.63, 3.8) is 0 Å². The van der Waals surface area contributed by atoms with E-state index in [1.807, 2.05) is 6.08 Å². The molecule has 1 aromatic carbocycles. The quantitative estimate of drug-likeness (QED) is 0.700. The Bertz CT molecular complexity index is 260. The molecule has 0 N–H and O–H groups in total. The van der Waals surface area contributed by atoms with E-state index >= 15 is 0 Å². The van der Waals surface area contributed by atoms with Gasteiger partial charge in [0.15, 0.2) is 0 Å². The largest absolute Gasteiger partial charge is 0.179 e. The summed E-state index contributed by atoms with van der Waals surface area (Å²) in [6, 6.07) is 8.38. The minimum absolute atomic E-state index is 0.450. The SMILES string of the molecule is C=Cc1ccc(C(CS)CS)cc1. The van der Waals surface area contributed by atoms with Gasteiger partial charge in [-0.15, -0.1) is 0 Å². The third-order valence-corrected chi connectivity index (χ3v) is 2.97. The van der Waals surface area contributed by atoms with Crippen LogP contribution in [0.3, 0.4) is 0 Å². The van der Waals surface area contributed by atoms with Gasteiger partial charge in [0.2, 0.25) is 0 Å². The van der Waals surface area contributed by atoms with Gasteiger partial charge in [0.05, 0.1) is 0 Å². The van der Waals surface area contributed by atoms with Crippen LogP contribution in [-0.4, -0.2) is 11.5 Å². The van der Waals surface area contributed by atoms with Gasteiger partial charge in [0, 0.05) is 5.92 Å². The molecule has 0 amide bonds. The number of rotatable bonds is 4. The normalized spacial score (nSPS) is 10.4. The molecule has 0 aliphatic carbocycles. The van der Waals surface area contributed by atoms with Crippen molar-refractivity contribution in [1.29, 1.82) is 0 Å². The summed E-state index contributed by atoms with van der Waals surface area (Å²) in [4.78, 5) is 0. The van der Waals surface area contributed by atoms with Crippen LogP contribution in [0.5, 0.6) is 0 Å². The van der Waals surface area contributed by atoms with Crippen molar-refractivity contribution < 1.29 is 0 Å². The highest BCUT2D eigenvalue weighted by Crippen LogP contribution is 2.19. The van der Waals surface area contributed by atoms with E-state index in [-0.39, 0.29) is 0 Å². The fourth-order valence-electron chi connectivity index (χ4n) is 1.17. The monoisotopic (exact) mass is 210 g/mol. The summed E-state index contributed by atoms with van der Waals surface area (Å²) >= 11 is 8.57. The van der Waals surface area contributed by atoms with Crippen LogP contribution in [-0.2, 0) is 0 Å². The number of benzene rings is 1. The van der Waals surface area contributed by atoms with Gasteiger partial charge in [-0.3, -0.25) is 0 Å². The lowest BCUT2D eigenvalue weighted by atomic mass is 10.0. The second-order valence-electron chi connectivity index (χ2n) is 2.93. The summed E-state index contributed by atoms with van der Waals surface area (Å²) in [5.41, 5.74) is 2.46. The Morgan fingerprint density at radius 3 is 2.08 bits per heavy atom. The van der Waals surface area contributed by atoms with E-state index in [9.17, 15) is 0 Å². The molecular formula is C11H14S2. The zero-order chi connectivity index (χ0) is 9.68. The Morgan fingerprint density at radius 2 is 1.69 bits per heavy atom. The van der Waals surface area contributed by atoms with Crippen LogP contribution in [0.1, 0.15) is 17.0 Å². The second-order valence-corrected chi connectivity index (χ2v) is 3.66. The molecule has 0 fully saturated rings. The van der Waals surface area contributed by atoms with E-state index in [1.54, 1.807) is 0 Å². The van der Waals surface area contributed by atoms with Crippen LogP contribution < -0.4 is 0 Å². The second kappa shape index (κ2) is 5.40. The molecule has 0 spiro atoms. The summed E-state index contributed by atoms with van der Waals surface area (Å²) in [6.07, 6.45) is 1.85. The van der Waals surface area contributed by atoms with Crippen LogP contribution in [0.25, 0.3) is 6.08 Å². The molecule has 0 saturated heterocycles. The Morgan fingerprint density at radius 1 is 1.15 bits per heavy atom. The minimum atomic E-state index is 0.450. The average molecular weight is 210 g/mol. The maximum absolute atomic E-state index is 4.29. The van der Waals surface area contributed by atoms with Gasteiger partial charge in [0.1, 0.15) is 0 Å². The van der Waals surface area contributed by atoms with Crippen molar-refractivity contribution in [3.8, 4) is 0 Å². The van der Waals surface area contributed by atoms with E-state index in [1.165, 1.54) is 5.56 Å². The number of hydrogen-bond acceptors (Lipinski definition) is 2. The van der Waals surface area contributed by atoms with Crippen LogP contribution in [0.2, 0.25) is 0 Å². The van der Waals surface area contributed by atoms with Crippen molar-refractivity contribution in [3.05, 3.63) is 42.0 Å². The van der Waals surface area contributed by atoms with Crippen molar-refractivity contribution in [1.82, 2.24) is 0 Å². The lowest BCUT2D eigenvalue weighted by Gasteiger charge is -2.11. The van der Waals surface area contributed by atoms with Crippen LogP contribution in [0.4, 0.5) is 0 Å². The van der Waals surface area contributed by atoms with Crippen molar-refractivity contribution >= 4 is 31.3 Å². The maximum Gasteiger partial charge on any atom is 0.00148 e. The summed E-state index contributed by atoms with van der Waals surface area (Å²) in [6.45, 7) is 3.72. The number of thiol groups is 2. The molecular weight excluding hydrogens is 196 g/mol. The molecule has 0 aliphatic heterocycles. The highest BCUT2D eigenvalue weighted by molar-refractivity contribution is 7.81. The molecule has 0 atom stereocenters. The van der Waals surface area contributed by atoms with Gasteiger partial charge in [-0.1, -0.05) is 36.9 Å². The fraction of sp³-hybridized carbons (Fsp3) is 0.273. The van der Waals surface area contributed by atoms with Gasteiger partial charge in [-0.2, -0.15) is 25.3 Å². The van der Waals surface area contributed by atoms with Gasteiger partial charge < -0.3 is 0 Å². The first-order valence-electron chi connectivity index (χ1n) is 4.26. The Labute approximate surface area is 90.9 Å². The first kappa shape index (κ1) is 10.7. The van der Waals surface area contributed by atoms with Gasteiger partial charge in [0.25, 0.3) is 0 Å². The Kier molecular flexibility index (Phi) is 4.46. The Balaban J connectivity index is 2.83. The van der Waals surface area contributed by atoms with Crippen LogP contribution in [0, 0.1) is 0 Å². The predicted octanol–water partition coefficient (Wildman–Crippen LogP) is 3.27. The van der Waals surface area contributed by atoms with Gasteiger partial charge in [-0.05, 0) is 22.6 Å². The van der Waals surface area contributed by atoms with E-state index < -0.39 is 0 Å². The molecule has 2 heteroatoms. The molecule has 1 aromatic rings. The van der Waals surface area contributed by atoms with E-state index in [4.69, 9.17) is 0 Å². The first-order valence-corrected chi connectivity index (χ1v) is 5.52. The van der Waals surface area contributed by atoms with Gasteiger partial charge in [-0.25, -0.2) is 0 Å². The standard InChI is InChI=1S/C11H14S2/c1-2-9-3-5-10(6-4-9)11(7-12)8-13/h2-6,11-13H,1,7-8H2. The zero-order valence-electron chi connectivity index (χ0n) is 7.48. The van der Waals surface area contributed by atoms with E-state index in [0.29, 0.717) is 5.92 Å². The van der Waals surface area contributed by atoms with Crippen molar-refractivity contribution in [2.75, 3.05) is 11.5 Å². The molecule has 0 aromatic heterocycles. The van der Waals surface area contributed by atoms with Crippen molar-refractivity contribution in [2.24, 2.45) is 0 Å². The van der Waals surface area contributed by atoms with Crippen LogP contribution in [0.15, 0.2) is 30.8 Å². The van der Waals surface area contributed by atoms with Crippen LogP contribution >= 0.6 is 25.3 Å². The van der Waals surface area contributed by atoms with E-state index in [2.05, 4.69) is 56.1 Å². The average Bonchev–Trinajstić information content (AvgIpc) is 2.21. The topological polar surface area (TPSA) is 0 Å². The third-order valence-electron chi connectivity index (χ3n) is 2.08. The summed E-state index contributed by atoms with van der Waals surface area (Å²) in [5.74, 6) is 2.14. The molecule has 0 saturated carbocycles. The lowest BCUT2D eigenvalue weighted by molar-refractivity contribution is 0.901. The molecule has 70 valence electrons. The summed E-state index contributed by atoms with van der Waals surface area (Å²) in [5, 5.41) is 0. The molecule has 0 bridgehead atoms. The molecule has 0 aliphatic rings. The molecule has 0 nitrogen and oxygen atoms in total. The third kappa shape index (κ3) is 2.82. The highest BCUT2D eigenvalue weighted by Gasteiger charge is 2.06. The smallest absolute Gasteiger partial charge is 0.00148 e. The Hall–Kier alpha value is -0.340. The molecule has 13 heavy (non-hydrogen) atoms. The molecule has 0 unspecified atom stereocenters. The lowest BCUT2D eigenvalue weighted by Crippen LogP contribution is -2.01. The summed E-state index contributed by atoms with van der Waals surface area (Å²) in [7, 11) is 0. The maximum atomic E-state index is 4.29. The van der Waals surface area contributed by atoms with Gasteiger partial charge >= 0.3 is 0 Å². The summed E-state index contributed by atoms with van der Waals surface area (Å²) < 4.78 is 0. The fourth-order valence-corrected chi connectivity index (χ4v) is 2.06. The molecule has 1 rings (SSSR count). The number of hydrogen-bond donors (Lipinski definition) is 2. The predicted molar refractivity (Wildman–Crippen MR) is 67.0 cm³/mol. The highest BCUT2D eigenvalue weighted by atomic mass is 32.1.